The second kappa shape index (κ2) is 5.80. The summed E-state index contributed by atoms with van der Waals surface area (Å²) in [6.07, 6.45) is 0. The van der Waals surface area contributed by atoms with Gasteiger partial charge in [0.15, 0.2) is 5.36 Å². The molecule has 0 aliphatic carbocycles. The maximum Gasteiger partial charge on any atom is 0.257 e. The normalized spacial score (nSPS) is 11.8. The summed E-state index contributed by atoms with van der Waals surface area (Å²) in [5, 5.41) is 3.82. The molecular formula is C16H9IN2O3. The lowest BCUT2D eigenvalue weighted by Crippen LogP contribution is -2.48. The fraction of sp³-hybridized carbons (Fsp3) is 0. The van der Waals surface area contributed by atoms with Crippen molar-refractivity contribution in [3.8, 4) is 0 Å². The molecule has 3 aromatic rings. The Bertz CT molecular complexity index is 1080. The summed E-state index contributed by atoms with van der Waals surface area (Å²) >= 11 is 2.10. The van der Waals surface area contributed by atoms with Gasteiger partial charge in [-0.3, -0.25) is 19.8 Å². The van der Waals surface area contributed by atoms with Gasteiger partial charge in [-0.15, -0.1) is 0 Å². The Kier molecular flexibility index (Phi) is 3.84. The van der Waals surface area contributed by atoms with Crippen molar-refractivity contribution >= 4 is 39.1 Å². The number of nitrogens with one attached hydrogen (secondary N) is 1. The van der Waals surface area contributed by atoms with E-state index in [1.807, 2.05) is 12.1 Å². The van der Waals surface area contributed by atoms with E-state index >= 15 is 0 Å². The number of nitrogens with zero attached hydrogens (tertiary/aromatic N) is 1. The monoisotopic (exact) mass is 404 g/mol. The molecule has 0 saturated heterocycles. The third kappa shape index (κ3) is 2.45. The number of para-hydroxylation sites is 1. The van der Waals surface area contributed by atoms with Crippen molar-refractivity contribution in [1.82, 2.24) is 0 Å². The highest BCUT2D eigenvalue weighted by Gasteiger charge is 2.10. The topological polar surface area (TPSA) is 75.6 Å². The quantitative estimate of drug-likeness (QED) is 0.397. The van der Waals surface area contributed by atoms with Crippen LogP contribution >= 0.6 is 22.6 Å². The lowest BCUT2D eigenvalue weighted by Gasteiger charge is -2.01. The summed E-state index contributed by atoms with van der Waals surface area (Å²) in [5.41, 5.74) is 1.20. The third-order valence-corrected chi connectivity index (χ3v) is 4.16. The van der Waals surface area contributed by atoms with Crippen LogP contribution in [0.3, 0.4) is 0 Å². The smallest absolute Gasteiger partial charge is 0.257 e. The molecule has 0 fully saturated rings. The van der Waals surface area contributed by atoms with E-state index < -0.39 is 16.3 Å². The van der Waals surface area contributed by atoms with E-state index in [0.717, 1.165) is 3.57 Å². The maximum atomic E-state index is 12.3. The molecule has 5 nitrogen and oxygen atoms in total. The highest BCUT2D eigenvalue weighted by atomic mass is 127. The summed E-state index contributed by atoms with van der Waals surface area (Å²) in [6, 6.07) is 13.5. The molecule has 0 aliphatic heterocycles. The first-order chi connectivity index (χ1) is 10.6. The molecule has 0 radical (unpaired) electrons. The first-order valence-corrected chi connectivity index (χ1v) is 7.48. The van der Waals surface area contributed by atoms with Crippen molar-refractivity contribution in [2.24, 2.45) is 5.10 Å². The Labute approximate surface area is 137 Å². The van der Waals surface area contributed by atoms with Crippen LogP contribution in [0.5, 0.6) is 0 Å². The number of hydrogen-bond donors (Lipinski definition) is 1. The van der Waals surface area contributed by atoms with E-state index in [1.54, 1.807) is 24.3 Å². The second-order valence-electron chi connectivity index (χ2n) is 4.59. The molecule has 0 bridgehead atoms. The van der Waals surface area contributed by atoms with Crippen LogP contribution in [0.25, 0.3) is 10.8 Å². The zero-order valence-electron chi connectivity index (χ0n) is 11.2. The Morgan fingerprint density at radius 1 is 0.773 bits per heavy atom. The molecule has 0 atom stereocenters. The third-order valence-electron chi connectivity index (χ3n) is 3.21. The lowest BCUT2D eigenvalue weighted by atomic mass is 10.1. The molecule has 0 spiro atoms. The number of fused-ring (bicyclic) bond motifs is 1. The van der Waals surface area contributed by atoms with Crippen LogP contribution in [0.2, 0.25) is 0 Å². The number of benzene rings is 3. The molecule has 6 heteroatoms. The number of rotatable bonds is 2. The van der Waals surface area contributed by atoms with Gasteiger partial charge in [0, 0.05) is 14.3 Å². The Morgan fingerprint density at radius 3 is 2.05 bits per heavy atom. The molecule has 0 amide bonds. The van der Waals surface area contributed by atoms with Crippen molar-refractivity contribution < 1.29 is 0 Å². The zero-order valence-corrected chi connectivity index (χ0v) is 13.3. The minimum Gasteiger partial charge on any atom is -0.287 e. The molecule has 0 aromatic heterocycles. The maximum absolute atomic E-state index is 12.3. The number of halogens is 1. The Balaban J connectivity index is 2.26. The van der Waals surface area contributed by atoms with Gasteiger partial charge in [-0.2, -0.15) is 5.10 Å². The summed E-state index contributed by atoms with van der Waals surface area (Å²) < 4.78 is 0.881. The van der Waals surface area contributed by atoms with Crippen molar-refractivity contribution in [2.75, 3.05) is 5.43 Å². The molecule has 108 valence electrons. The van der Waals surface area contributed by atoms with Crippen LogP contribution in [0.4, 0.5) is 5.69 Å². The first kappa shape index (κ1) is 14.6. The van der Waals surface area contributed by atoms with E-state index in [-0.39, 0.29) is 16.1 Å². The van der Waals surface area contributed by atoms with Crippen LogP contribution in [-0.2, 0) is 0 Å². The van der Waals surface area contributed by atoms with Crippen LogP contribution in [0.1, 0.15) is 0 Å². The highest BCUT2D eigenvalue weighted by molar-refractivity contribution is 14.1. The van der Waals surface area contributed by atoms with Gasteiger partial charge in [0.05, 0.1) is 5.69 Å². The predicted molar refractivity (Wildman–Crippen MR) is 93.5 cm³/mol. The summed E-state index contributed by atoms with van der Waals surface area (Å²) in [7, 11) is 0. The van der Waals surface area contributed by atoms with E-state index in [0.29, 0.717) is 5.69 Å². The zero-order chi connectivity index (χ0) is 15.7. The largest absolute Gasteiger partial charge is 0.287 e. The van der Waals surface area contributed by atoms with Crippen LogP contribution in [0, 0.1) is 3.57 Å². The standard InChI is InChI=1S/C16H9IN2O3/c17-11-7-3-4-8-12(11)18-19-13-14(20)9-5-1-2-6-10(9)15(21)16(13)22/h1-8,18H/b19-13-. The minimum absolute atomic E-state index is 0.130. The van der Waals surface area contributed by atoms with Gasteiger partial charge in [-0.05, 0) is 34.7 Å². The molecule has 1 N–H and O–H groups in total. The molecule has 3 rings (SSSR count). The number of hydrogen-bond acceptors (Lipinski definition) is 5. The van der Waals surface area contributed by atoms with Gasteiger partial charge in [-0.25, -0.2) is 0 Å². The molecule has 3 aromatic carbocycles. The summed E-state index contributed by atoms with van der Waals surface area (Å²) in [6.45, 7) is 0. The SMILES string of the molecule is O=c1c(=O)c2ccccc2c(=O)/c1=N/Nc1ccccc1I. The highest BCUT2D eigenvalue weighted by Crippen LogP contribution is 2.16. The molecule has 0 saturated carbocycles. The van der Waals surface area contributed by atoms with Gasteiger partial charge in [0.1, 0.15) is 0 Å². The second-order valence-corrected chi connectivity index (χ2v) is 5.75. The molecule has 22 heavy (non-hydrogen) atoms. The van der Waals surface area contributed by atoms with Crippen molar-refractivity contribution in [2.45, 2.75) is 0 Å². The Hall–Kier alpha value is -2.35. The van der Waals surface area contributed by atoms with Gasteiger partial charge < -0.3 is 0 Å². The molecular weight excluding hydrogens is 395 g/mol. The average molecular weight is 404 g/mol. The molecule has 0 heterocycles. The van der Waals surface area contributed by atoms with Crippen molar-refractivity contribution in [3.63, 3.8) is 0 Å². The van der Waals surface area contributed by atoms with Crippen LogP contribution in [-0.4, -0.2) is 0 Å². The van der Waals surface area contributed by atoms with E-state index in [4.69, 9.17) is 0 Å². The van der Waals surface area contributed by atoms with Gasteiger partial charge in [0.2, 0.25) is 10.9 Å². The van der Waals surface area contributed by atoms with Crippen molar-refractivity contribution in [1.29, 1.82) is 0 Å². The summed E-state index contributed by atoms with van der Waals surface area (Å²) in [4.78, 5) is 36.4. The molecule has 0 aliphatic rings. The fourth-order valence-electron chi connectivity index (χ4n) is 2.11. The van der Waals surface area contributed by atoms with E-state index in [9.17, 15) is 14.4 Å². The summed E-state index contributed by atoms with van der Waals surface area (Å²) in [5.74, 6) is 0. The fourth-order valence-corrected chi connectivity index (χ4v) is 2.62. The number of anilines is 1. The first-order valence-electron chi connectivity index (χ1n) is 6.40. The van der Waals surface area contributed by atoms with Crippen LogP contribution < -0.4 is 27.1 Å². The average Bonchev–Trinajstić information content (AvgIpc) is 2.54. The van der Waals surface area contributed by atoms with E-state index in [1.165, 1.54) is 12.1 Å². The van der Waals surface area contributed by atoms with E-state index in [2.05, 4.69) is 33.1 Å². The van der Waals surface area contributed by atoms with Gasteiger partial charge in [0.25, 0.3) is 5.43 Å². The lowest BCUT2D eigenvalue weighted by molar-refractivity contribution is 1.16. The Morgan fingerprint density at radius 2 is 1.36 bits per heavy atom. The molecule has 0 unspecified atom stereocenters. The van der Waals surface area contributed by atoms with Gasteiger partial charge in [-0.1, -0.05) is 36.4 Å². The van der Waals surface area contributed by atoms with Gasteiger partial charge >= 0.3 is 0 Å². The predicted octanol–water partition coefficient (Wildman–Crippen LogP) is 1.33. The van der Waals surface area contributed by atoms with Crippen molar-refractivity contribution in [3.05, 3.63) is 88.1 Å². The van der Waals surface area contributed by atoms with Crippen LogP contribution in [0.15, 0.2) is 68.0 Å². The minimum atomic E-state index is -0.887.